The Labute approximate surface area is 113 Å². The second-order valence-corrected chi connectivity index (χ2v) is 5.58. The van der Waals surface area contributed by atoms with Crippen LogP contribution in [0.2, 0.25) is 5.02 Å². The van der Waals surface area contributed by atoms with Gasteiger partial charge < -0.3 is 10.1 Å². The molecule has 0 atom stereocenters. The van der Waals surface area contributed by atoms with Gasteiger partial charge in [-0.15, -0.1) is 0 Å². The average molecular weight is 270 g/mol. The summed E-state index contributed by atoms with van der Waals surface area (Å²) in [5.74, 6) is -0.180. The number of carbonyl (C=O) groups is 1. The summed E-state index contributed by atoms with van der Waals surface area (Å²) in [6.45, 7) is 6.89. The third kappa shape index (κ3) is 6.62. The number of benzene rings is 1. The number of rotatable bonds is 5. The summed E-state index contributed by atoms with van der Waals surface area (Å²) in [7, 11) is 0. The summed E-state index contributed by atoms with van der Waals surface area (Å²) in [4.78, 5) is 11.4. The maximum atomic E-state index is 11.4. The maximum Gasteiger partial charge on any atom is 0.307 e. The van der Waals surface area contributed by atoms with Gasteiger partial charge in [-0.1, -0.05) is 23.7 Å². The van der Waals surface area contributed by atoms with Crippen LogP contribution < -0.4 is 5.32 Å². The minimum absolute atomic E-state index is 0.180. The van der Waals surface area contributed by atoms with Crippen LogP contribution in [0.15, 0.2) is 24.3 Å². The van der Waals surface area contributed by atoms with Crippen LogP contribution in [-0.4, -0.2) is 18.1 Å². The second kappa shape index (κ2) is 6.76. The molecule has 0 bridgehead atoms. The van der Waals surface area contributed by atoms with Gasteiger partial charge in [-0.2, -0.15) is 0 Å². The number of carbonyl (C=O) groups excluding carboxylic acids is 1. The zero-order valence-corrected chi connectivity index (χ0v) is 11.9. The van der Waals surface area contributed by atoms with E-state index in [0.29, 0.717) is 19.5 Å². The van der Waals surface area contributed by atoms with Crippen molar-refractivity contribution in [1.29, 1.82) is 0 Å². The molecule has 1 N–H and O–H groups in total. The minimum Gasteiger partial charge on any atom is -0.460 e. The first-order valence-electron chi connectivity index (χ1n) is 6.04. The van der Waals surface area contributed by atoms with Gasteiger partial charge in [0.2, 0.25) is 0 Å². The van der Waals surface area contributed by atoms with Crippen LogP contribution in [0, 0.1) is 0 Å². The number of hydrogen-bond donors (Lipinski definition) is 1. The highest BCUT2D eigenvalue weighted by Gasteiger charge is 2.15. The van der Waals surface area contributed by atoms with Crippen LogP contribution in [0.4, 0.5) is 0 Å². The van der Waals surface area contributed by atoms with E-state index in [9.17, 15) is 4.79 Å². The van der Waals surface area contributed by atoms with Gasteiger partial charge >= 0.3 is 5.97 Å². The third-order valence-electron chi connectivity index (χ3n) is 2.14. The van der Waals surface area contributed by atoms with Crippen LogP contribution in [0.5, 0.6) is 0 Å². The molecule has 0 saturated heterocycles. The van der Waals surface area contributed by atoms with E-state index in [1.807, 2.05) is 45.0 Å². The smallest absolute Gasteiger partial charge is 0.307 e. The van der Waals surface area contributed by atoms with Crippen molar-refractivity contribution >= 4 is 17.6 Å². The fourth-order valence-corrected chi connectivity index (χ4v) is 1.68. The molecule has 3 nitrogen and oxygen atoms in total. The van der Waals surface area contributed by atoms with E-state index >= 15 is 0 Å². The molecule has 0 spiro atoms. The van der Waals surface area contributed by atoms with Crippen molar-refractivity contribution in [3.8, 4) is 0 Å². The summed E-state index contributed by atoms with van der Waals surface area (Å²) in [5.41, 5.74) is 0.691. The lowest BCUT2D eigenvalue weighted by atomic mass is 10.2. The predicted molar refractivity (Wildman–Crippen MR) is 73.6 cm³/mol. The topological polar surface area (TPSA) is 38.3 Å². The van der Waals surface area contributed by atoms with Crippen molar-refractivity contribution in [2.24, 2.45) is 0 Å². The normalized spacial score (nSPS) is 11.3. The molecule has 0 radical (unpaired) electrons. The van der Waals surface area contributed by atoms with Crippen LogP contribution in [0.25, 0.3) is 0 Å². The Kier molecular flexibility index (Phi) is 5.63. The van der Waals surface area contributed by atoms with Crippen LogP contribution in [0.1, 0.15) is 32.8 Å². The zero-order chi connectivity index (χ0) is 13.6. The quantitative estimate of drug-likeness (QED) is 0.659. The molecule has 0 saturated carbocycles. The lowest BCUT2D eigenvalue weighted by Crippen LogP contribution is -2.26. The molecule has 1 aromatic carbocycles. The lowest BCUT2D eigenvalue weighted by molar-refractivity contribution is -0.154. The van der Waals surface area contributed by atoms with E-state index < -0.39 is 5.60 Å². The minimum atomic E-state index is -0.413. The van der Waals surface area contributed by atoms with E-state index in [-0.39, 0.29) is 5.97 Å². The Morgan fingerprint density at radius 1 is 1.39 bits per heavy atom. The first-order valence-corrected chi connectivity index (χ1v) is 6.41. The number of esters is 1. The summed E-state index contributed by atoms with van der Waals surface area (Å²) in [6, 6.07) is 7.65. The molecule has 0 fully saturated rings. The SMILES string of the molecule is CC(C)(C)OC(=O)CCNCc1cccc(Cl)c1. The van der Waals surface area contributed by atoms with Gasteiger partial charge in [0.25, 0.3) is 0 Å². The largest absolute Gasteiger partial charge is 0.460 e. The van der Waals surface area contributed by atoms with Gasteiger partial charge in [0.15, 0.2) is 0 Å². The number of halogens is 1. The summed E-state index contributed by atoms with van der Waals surface area (Å²) in [6.07, 6.45) is 0.373. The van der Waals surface area contributed by atoms with E-state index in [1.165, 1.54) is 0 Å². The molecule has 0 amide bonds. The fourth-order valence-electron chi connectivity index (χ4n) is 1.46. The molecular weight excluding hydrogens is 250 g/mol. The summed E-state index contributed by atoms with van der Waals surface area (Å²) in [5, 5.41) is 3.91. The van der Waals surface area contributed by atoms with E-state index in [2.05, 4.69) is 5.32 Å². The Morgan fingerprint density at radius 3 is 2.72 bits per heavy atom. The molecule has 0 unspecified atom stereocenters. The summed E-state index contributed by atoms with van der Waals surface area (Å²) < 4.78 is 5.21. The molecule has 0 heterocycles. The maximum absolute atomic E-state index is 11.4. The summed E-state index contributed by atoms with van der Waals surface area (Å²) >= 11 is 5.88. The molecule has 4 heteroatoms. The average Bonchev–Trinajstić information content (AvgIpc) is 2.22. The Balaban J connectivity index is 2.21. The highest BCUT2D eigenvalue weighted by molar-refractivity contribution is 6.30. The molecule has 0 aromatic heterocycles. The Bertz CT molecular complexity index is 399. The Hall–Kier alpha value is -1.06. The zero-order valence-electron chi connectivity index (χ0n) is 11.1. The molecule has 0 aliphatic carbocycles. The standard InChI is InChI=1S/C14H20ClNO2/c1-14(2,3)18-13(17)7-8-16-10-11-5-4-6-12(15)9-11/h4-6,9,16H,7-8,10H2,1-3H3. The van der Waals surface area contributed by atoms with Crippen LogP contribution >= 0.6 is 11.6 Å². The molecule has 1 rings (SSSR count). The number of nitrogens with one attached hydrogen (secondary N) is 1. The molecule has 0 aliphatic rings. The van der Waals surface area contributed by atoms with Crippen molar-refractivity contribution in [3.63, 3.8) is 0 Å². The number of hydrogen-bond acceptors (Lipinski definition) is 3. The molecule has 1 aromatic rings. The monoisotopic (exact) mass is 269 g/mol. The predicted octanol–water partition coefficient (Wildman–Crippen LogP) is 3.16. The van der Waals surface area contributed by atoms with Gasteiger partial charge in [0.1, 0.15) is 5.60 Å². The second-order valence-electron chi connectivity index (χ2n) is 5.14. The van der Waals surface area contributed by atoms with Crippen molar-refractivity contribution in [3.05, 3.63) is 34.9 Å². The van der Waals surface area contributed by atoms with E-state index in [1.54, 1.807) is 0 Å². The van der Waals surface area contributed by atoms with Crippen molar-refractivity contribution in [2.45, 2.75) is 39.3 Å². The molecular formula is C14H20ClNO2. The van der Waals surface area contributed by atoms with Crippen molar-refractivity contribution in [2.75, 3.05) is 6.54 Å². The first-order chi connectivity index (χ1) is 8.37. The fraction of sp³-hybridized carbons (Fsp3) is 0.500. The number of ether oxygens (including phenoxy) is 1. The molecule has 100 valence electrons. The van der Waals surface area contributed by atoms with Gasteiger partial charge in [-0.3, -0.25) is 4.79 Å². The third-order valence-corrected chi connectivity index (χ3v) is 2.38. The van der Waals surface area contributed by atoms with Crippen molar-refractivity contribution < 1.29 is 9.53 Å². The van der Waals surface area contributed by atoms with Gasteiger partial charge in [-0.05, 0) is 38.5 Å². The molecule has 18 heavy (non-hydrogen) atoms. The van der Waals surface area contributed by atoms with Crippen LogP contribution in [-0.2, 0) is 16.1 Å². The molecule has 0 aliphatic heterocycles. The van der Waals surface area contributed by atoms with E-state index in [4.69, 9.17) is 16.3 Å². The Morgan fingerprint density at radius 2 is 2.11 bits per heavy atom. The van der Waals surface area contributed by atoms with Gasteiger partial charge in [0, 0.05) is 18.1 Å². The highest BCUT2D eigenvalue weighted by atomic mass is 35.5. The van der Waals surface area contributed by atoms with E-state index in [0.717, 1.165) is 10.6 Å². The van der Waals surface area contributed by atoms with Gasteiger partial charge in [0.05, 0.1) is 6.42 Å². The van der Waals surface area contributed by atoms with Crippen LogP contribution in [0.3, 0.4) is 0 Å². The van der Waals surface area contributed by atoms with Gasteiger partial charge in [-0.25, -0.2) is 0 Å². The van der Waals surface area contributed by atoms with Crippen molar-refractivity contribution in [1.82, 2.24) is 5.32 Å². The lowest BCUT2D eigenvalue weighted by Gasteiger charge is -2.19. The highest BCUT2D eigenvalue weighted by Crippen LogP contribution is 2.10. The first kappa shape index (κ1) is 15.0.